The smallest absolute Gasteiger partial charge is 0.320 e. The van der Waals surface area contributed by atoms with E-state index >= 15 is 4.39 Å². The highest BCUT2D eigenvalue weighted by Crippen LogP contribution is 2.43. The number of hydrogen-bond donors (Lipinski definition) is 1. The number of amides is 3. The summed E-state index contributed by atoms with van der Waals surface area (Å²) >= 11 is 6.15. The van der Waals surface area contributed by atoms with Crippen LogP contribution in [-0.2, 0) is 5.41 Å². The van der Waals surface area contributed by atoms with E-state index in [1.807, 2.05) is 9.80 Å². The largest absolute Gasteiger partial charge is 0.348 e. The van der Waals surface area contributed by atoms with Gasteiger partial charge in [-0.2, -0.15) is 0 Å². The molecule has 9 nitrogen and oxygen atoms in total. The fraction of sp³-hybridized carbons (Fsp3) is 0.393. The van der Waals surface area contributed by atoms with Crippen molar-refractivity contribution in [2.24, 2.45) is 5.92 Å². The first-order valence-electron chi connectivity index (χ1n) is 13.3. The summed E-state index contributed by atoms with van der Waals surface area (Å²) in [5.41, 5.74) is -0.584. The van der Waals surface area contributed by atoms with E-state index in [2.05, 4.69) is 15.3 Å². The molecular weight excluding hydrogens is 540 g/mol. The number of nitrogens with one attached hydrogen (secondary N) is 1. The lowest BCUT2D eigenvalue weighted by Gasteiger charge is -2.43. The normalized spacial score (nSPS) is 25.4. The summed E-state index contributed by atoms with van der Waals surface area (Å²) in [6, 6.07) is 7.69. The van der Waals surface area contributed by atoms with E-state index in [0.29, 0.717) is 30.7 Å². The number of carbonyl (C=O) groups excluding carboxylic acids is 2. The van der Waals surface area contributed by atoms with Gasteiger partial charge < -0.3 is 15.1 Å². The van der Waals surface area contributed by atoms with Crippen LogP contribution in [0.2, 0.25) is 5.02 Å². The van der Waals surface area contributed by atoms with Gasteiger partial charge in [-0.3, -0.25) is 9.69 Å². The summed E-state index contributed by atoms with van der Waals surface area (Å²) in [4.78, 5) is 44.5. The third-order valence-corrected chi connectivity index (χ3v) is 8.93. The number of nitrogens with zero attached hydrogens (tertiary/aromatic N) is 6. The fourth-order valence-corrected chi connectivity index (χ4v) is 6.56. The van der Waals surface area contributed by atoms with Crippen LogP contribution in [0.25, 0.3) is 0 Å². The molecule has 1 saturated carbocycles. The van der Waals surface area contributed by atoms with Gasteiger partial charge in [0.25, 0.3) is 5.91 Å². The quantitative estimate of drug-likeness (QED) is 0.512. The van der Waals surface area contributed by atoms with Gasteiger partial charge in [-0.25, -0.2) is 28.5 Å². The molecule has 4 aliphatic heterocycles. The van der Waals surface area contributed by atoms with E-state index in [9.17, 15) is 14.0 Å². The van der Waals surface area contributed by atoms with Crippen molar-refractivity contribution in [3.05, 3.63) is 76.2 Å². The van der Waals surface area contributed by atoms with Crippen molar-refractivity contribution in [3.8, 4) is 0 Å². The minimum atomic E-state index is -1.21. The number of rotatable bonds is 4. The van der Waals surface area contributed by atoms with Crippen molar-refractivity contribution in [2.45, 2.75) is 37.3 Å². The maximum Gasteiger partial charge on any atom is 0.320 e. The van der Waals surface area contributed by atoms with Crippen LogP contribution in [-0.4, -0.2) is 75.0 Å². The number of aromatic nitrogens is 3. The predicted molar refractivity (Wildman–Crippen MR) is 143 cm³/mol. The maximum absolute atomic E-state index is 15.5. The van der Waals surface area contributed by atoms with Crippen LogP contribution in [0.4, 0.5) is 25.3 Å². The highest BCUT2D eigenvalue weighted by Gasteiger charge is 2.48. The van der Waals surface area contributed by atoms with E-state index < -0.39 is 23.0 Å². The molecular formula is C28H26ClF2N7O2. The van der Waals surface area contributed by atoms with Gasteiger partial charge in [-0.1, -0.05) is 23.7 Å². The molecule has 1 aliphatic carbocycles. The van der Waals surface area contributed by atoms with Gasteiger partial charge in [-0.05, 0) is 43.9 Å². The molecule has 1 atom stereocenters. The molecule has 206 valence electrons. The first-order valence-corrected chi connectivity index (χ1v) is 13.7. The Morgan fingerprint density at radius 3 is 2.65 bits per heavy atom. The maximum atomic E-state index is 15.5. The van der Waals surface area contributed by atoms with E-state index in [1.54, 1.807) is 19.1 Å². The molecule has 1 N–H and O–H groups in total. The molecule has 3 aromatic rings. The van der Waals surface area contributed by atoms with Crippen LogP contribution in [0, 0.1) is 17.6 Å². The van der Waals surface area contributed by atoms with Crippen molar-refractivity contribution < 1.29 is 18.4 Å². The number of fused-ring (bicyclic) bond motifs is 2. The molecule has 3 amide bonds. The third-order valence-electron chi connectivity index (χ3n) is 8.64. The summed E-state index contributed by atoms with van der Waals surface area (Å²) in [5.74, 6) is -1.11. The Balaban J connectivity index is 1.19. The van der Waals surface area contributed by atoms with Crippen molar-refractivity contribution >= 4 is 35.3 Å². The lowest BCUT2D eigenvalue weighted by molar-refractivity contribution is 0.0966. The molecule has 40 heavy (non-hydrogen) atoms. The molecule has 2 aromatic heterocycles. The number of halogens is 3. The molecule has 8 rings (SSSR count). The predicted octanol–water partition coefficient (Wildman–Crippen LogP) is 4.08. The number of likely N-dealkylation sites (tertiary alicyclic amines) is 1. The molecule has 2 bridgehead atoms. The molecule has 1 aromatic carbocycles. The Kier molecular flexibility index (Phi) is 5.71. The first kappa shape index (κ1) is 25.1. The van der Waals surface area contributed by atoms with Gasteiger partial charge in [0.2, 0.25) is 5.95 Å². The molecule has 5 aliphatic rings. The average molecular weight is 566 g/mol. The zero-order chi connectivity index (χ0) is 27.8. The summed E-state index contributed by atoms with van der Waals surface area (Å²) in [5, 5.41) is 3.18. The monoisotopic (exact) mass is 565 g/mol. The minimum absolute atomic E-state index is 0.0628. The summed E-state index contributed by atoms with van der Waals surface area (Å²) in [6.45, 7) is 3.49. The summed E-state index contributed by atoms with van der Waals surface area (Å²) < 4.78 is 30.2. The number of carbonyl (C=O) groups is 2. The van der Waals surface area contributed by atoms with Crippen LogP contribution >= 0.6 is 11.6 Å². The molecule has 0 unspecified atom stereocenters. The topological polar surface area (TPSA) is 94.6 Å². The van der Waals surface area contributed by atoms with E-state index in [-0.39, 0.29) is 46.5 Å². The summed E-state index contributed by atoms with van der Waals surface area (Å²) in [6.07, 6.45) is 4.99. The number of hydrogen-bond acceptors (Lipinski definition) is 6. The second kappa shape index (κ2) is 9.09. The zero-order valence-electron chi connectivity index (χ0n) is 21.6. The standard InChI is InChI=1S/C28H26ClF2N7O2/c1-28(19-4-2-5-20(29)22(19)31)14-38(24-21(30)6-3-7-32-24)25(39)18-10-33-26(35-23(18)28)34-16-12-36(13-16)27(40)37-11-15-8-17(37)9-15/h2-7,10,15-17H,8-9,11-14H2,1H3,(H,33,34,35)/t15?,17?,28-/m1/s1. The molecule has 4 fully saturated rings. The Morgan fingerprint density at radius 2 is 1.93 bits per heavy atom. The minimum Gasteiger partial charge on any atom is -0.348 e. The van der Waals surface area contributed by atoms with Crippen LogP contribution in [0.5, 0.6) is 0 Å². The molecule has 0 spiro atoms. The second-order valence-electron chi connectivity index (χ2n) is 11.3. The number of benzene rings is 1. The third kappa shape index (κ3) is 3.81. The van der Waals surface area contributed by atoms with Gasteiger partial charge in [0.15, 0.2) is 11.6 Å². The van der Waals surface area contributed by atoms with Gasteiger partial charge in [0.05, 0.1) is 27.7 Å². The second-order valence-corrected chi connectivity index (χ2v) is 11.7. The van der Waals surface area contributed by atoms with Gasteiger partial charge in [-0.15, -0.1) is 0 Å². The van der Waals surface area contributed by atoms with Crippen molar-refractivity contribution in [3.63, 3.8) is 0 Å². The fourth-order valence-electron chi connectivity index (χ4n) is 6.38. The Hall–Kier alpha value is -3.86. The van der Waals surface area contributed by atoms with Gasteiger partial charge in [0.1, 0.15) is 5.82 Å². The lowest BCUT2D eigenvalue weighted by atomic mass is 9.74. The molecule has 0 radical (unpaired) electrons. The highest BCUT2D eigenvalue weighted by atomic mass is 35.5. The number of pyridine rings is 1. The molecule has 12 heteroatoms. The first-order chi connectivity index (χ1) is 19.2. The number of urea groups is 1. The average Bonchev–Trinajstić information content (AvgIpc) is 3.52. The Morgan fingerprint density at radius 1 is 1.12 bits per heavy atom. The Bertz CT molecular complexity index is 1540. The van der Waals surface area contributed by atoms with Gasteiger partial charge >= 0.3 is 6.03 Å². The van der Waals surface area contributed by atoms with Crippen LogP contribution in [0.3, 0.4) is 0 Å². The van der Waals surface area contributed by atoms with Gasteiger partial charge in [0, 0.05) is 50.2 Å². The SMILES string of the molecule is C[C@]1(c2cccc(Cl)c2F)CN(c2ncccc2F)C(=O)c2cnc(NC3CN(C(=O)N4CC5CC4C5)C3)nc21. The van der Waals surface area contributed by atoms with Crippen molar-refractivity contribution in [1.82, 2.24) is 24.8 Å². The van der Waals surface area contributed by atoms with Crippen molar-refractivity contribution in [1.29, 1.82) is 0 Å². The molecule has 3 saturated heterocycles. The van der Waals surface area contributed by atoms with Crippen LogP contribution in [0.1, 0.15) is 41.4 Å². The van der Waals surface area contributed by atoms with Crippen LogP contribution < -0.4 is 10.2 Å². The van der Waals surface area contributed by atoms with Crippen LogP contribution in [0.15, 0.2) is 42.7 Å². The molecule has 6 heterocycles. The van der Waals surface area contributed by atoms with E-state index in [1.165, 1.54) is 35.5 Å². The number of anilines is 2. The highest BCUT2D eigenvalue weighted by molar-refractivity contribution is 6.30. The van der Waals surface area contributed by atoms with E-state index in [0.717, 1.165) is 19.4 Å². The zero-order valence-corrected chi connectivity index (χ0v) is 22.4. The van der Waals surface area contributed by atoms with E-state index in [4.69, 9.17) is 16.6 Å². The summed E-state index contributed by atoms with van der Waals surface area (Å²) in [7, 11) is 0. The lowest BCUT2D eigenvalue weighted by Crippen LogP contribution is -2.60. The Labute approximate surface area is 234 Å². The van der Waals surface area contributed by atoms with Crippen molar-refractivity contribution in [2.75, 3.05) is 36.4 Å².